The first-order chi connectivity index (χ1) is 12.4. The summed E-state index contributed by atoms with van der Waals surface area (Å²) in [4.78, 5) is 24.7. The van der Waals surface area contributed by atoms with Crippen LogP contribution in [0.15, 0.2) is 65.6 Å². The molecular formula is C20H16Cl2N2O2. The van der Waals surface area contributed by atoms with E-state index < -0.39 is 0 Å². The van der Waals surface area contributed by atoms with Gasteiger partial charge in [-0.3, -0.25) is 9.59 Å². The van der Waals surface area contributed by atoms with Crippen LogP contribution in [0.4, 0.5) is 5.69 Å². The Hall–Kier alpha value is -2.56. The van der Waals surface area contributed by atoms with E-state index in [1.807, 2.05) is 31.2 Å². The molecule has 3 rings (SSSR count). The molecule has 1 N–H and O–H groups in total. The highest BCUT2D eigenvalue weighted by molar-refractivity contribution is 6.35. The Labute approximate surface area is 161 Å². The van der Waals surface area contributed by atoms with E-state index in [1.165, 1.54) is 16.7 Å². The van der Waals surface area contributed by atoms with Gasteiger partial charge in [0.15, 0.2) is 0 Å². The van der Waals surface area contributed by atoms with Crippen LogP contribution in [0, 0.1) is 6.92 Å². The van der Waals surface area contributed by atoms with Gasteiger partial charge in [-0.05, 0) is 42.3 Å². The minimum Gasteiger partial charge on any atom is -0.321 e. The number of hydrogen-bond acceptors (Lipinski definition) is 2. The van der Waals surface area contributed by atoms with Gasteiger partial charge < -0.3 is 9.88 Å². The molecule has 0 fully saturated rings. The summed E-state index contributed by atoms with van der Waals surface area (Å²) in [5.74, 6) is -0.368. The summed E-state index contributed by atoms with van der Waals surface area (Å²) in [6.07, 6.45) is 1.54. The first-order valence-electron chi connectivity index (χ1n) is 7.95. The van der Waals surface area contributed by atoms with Gasteiger partial charge in [-0.15, -0.1) is 0 Å². The van der Waals surface area contributed by atoms with E-state index in [0.717, 1.165) is 11.1 Å². The summed E-state index contributed by atoms with van der Waals surface area (Å²) < 4.78 is 1.51. The van der Waals surface area contributed by atoms with E-state index >= 15 is 0 Å². The number of halogens is 2. The second kappa shape index (κ2) is 7.77. The van der Waals surface area contributed by atoms with Crippen molar-refractivity contribution in [2.24, 2.45) is 0 Å². The van der Waals surface area contributed by atoms with Crippen LogP contribution < -0.4 is 10.9 Å². The molecule has 0 bridgehead atoms. The maximum atomic E-state index is 12.5. The van der Waals surface area contributed by atoms with Crippen LogP contribution in [0.3, 0.4) is 0 Å². The van der Waals surface area contributed by atoms with Crippen molar-refractivity contribution in [1.29, 1.82) is 0 Å². The van der Waals surface area contributed by atoms with Crippen molar-refractivity contribution in [2.75, 3.05) is 5.32 Å². The van der Waals surface area contributed by atoms with Crippen molar-refractivity contribution in [3.8, 4) is 0 Å². The van der Waals surface area contributed by atoms with E-state index in [2.05, 4.69) is 5.32 Å². The van der Waals surface area contributed by atoms with Crippen LogP contribution in [0.25, 0.3) is 0 Å². The molecule has 0 unspecified atom stereocenters. The largest absolute Gasteiger partial charge is 0.321 e. The minimum absolute atomic E-state index is 0.175. The number of nitrogens with zero attached hydrogens (tertiary/aromatic N) is 1. The third kappa shape index (κ3) is 4.15. The zero-order chi connectivity index (χ0) is 18.7. The van der Waals surface area contributed by atoms with Crippen LogP contribution in [0.2, 0.25) is 10.0 Å². The molecule has 0 aliphatic rings. The van der Waals surface area contributed by atoms with Gasteiger partial charge in [-0.1, -0.05) is 47.5 Å². The Morgan fingerprint density at radius 2 is 1.85 bits per heavy atom. The van der Waals surface area contributed by atoms with Crippen LogP contribution in [-0.2, 0) is 6.54 Å². The predicted molar refractivity (Wildman–Crippen MR) is 105 cm³/mol. The smallest absolute Gasteiger partial charge is 0.257 e. The first kappa shape index (κ1) is 18.2. The second-order valence-corrected chi connectivity index (χ2v) is 6.73. The molecule has 0 saturated carbocycles. The number of aryl methyl sites for hydroxylation is 1. The Morgan fingerprint density at radius 1 is 1.08 bits per heavy atom. The molecule has 1 heterocycles. The average Bonchev–Trinajstić information content (AvgIpc) is 2.62. The number of carbonyl (C=O) groups is 1. The molecule has 0 saturated heterocycles. The lowest BCUT2D eigenvalue weighted by molar-refractivity contribution is 0.102. The third-order valence-corrected chi connectivity index (χ3v) is 4.59. The van der Waals surface area contributed by atoms with Crippen LogP contribution >= 0.6 is 23.2 Å². The normalized spacial score (nSPS) is 10.6. The molecular weight excluding hydrogens is 371 g/mol. The number of aromatic nitrogens is 1. The molecule has 132 valence electrons. The van der Waals surface area contributed by atoms with Gasteiger partial charge in [0, 0.05) is 17.3 Å². The summed E-state index contributed by atoms with van der Waals surface area (Å²) in [7, 11) is 0. The van der Waals surface area contributed by atoms with Crippen molar-refractivity contribution in [3.05, 3.63) is 97.9 Å². The van der Waals surface area contributed by atoms with E-state index in [1.54, 1.807) is 24.4 Å². The fourth-order valence-electron chi connectivity index (χ4n) is 2.55. The first-order valence-corrected chi connectivity index (χ1v) is 8.71. The van der Waals surface area contributed by atoms with Crippen molar-refractivity contribution < 1.29 is 4.79 Å². The van der Waals surface area contributed by atoms with Crippen molar-refractivity contribution in [2.45, 2.75) is 13.5 Å². The fourth-order valence-corrected chi connectivity index (χ4v) is 2.88. The molecule has 26 heavy (non-hydrogen) atoms. The second-order valence-electron chi connectivity index (χ2n) is 5.89. The van der Waals surface area contributed by atoms with Crippen molar-refractivity contribution in [1.82, 2.24) is 4.57 Å². The number of carbonyl (C=O) groups excluding carboxylic acids is 1. The van der Waals surface area contributed by atoms with Gasteiger partial charge in [-0.25, -0.2) is 0 Å². The lowest BCUT2D eigenvalue weighted by Gasteiger charge is -2.11. The molecule has 0 atom stereocenters. The number of anilines is 1. The van der Waals surface area contributed by atoms with Crippen LogP contribution in [-0.4, -0.2) is 10.5 Å². The predicted octanol–water partition coefficient (Wildman–Crippen LogP) is 4.76. The summed E-state index contributed by atoms with van der Waals surface area (Å²) in [5.41, 5.74) is 2.70. The maximum absolute atomic E-state index is 12.5. The number of amides is 1. The zero-order valence-electron chi connectivity index (χ0n) is 14.0. The number of pyridine rings is 1. The molecule has 4 nitrogen and oxygen atoms in total. The minimum atomic E-state index is -0.368. The monoisotopic (exact) mass is 386 g/mol. The molecule has 3 aromatic rings. The lowest BCUT2D eigenvalue weighted by atomic mass is 10.1. The Kier molecular flexibility index (Phi) is 5.45. The standard InChI is InChI=1S/C20H16Cl2N2O2/c1-13-4-2-3-5-14(13)11-24-12-15(6-9-19(24)25)20(26)23-18-10-16(21)7-8-17(18)22/h2-10,12H,11H2,1H3,(H,23,26). The summed E-state index contributed by atoms with van der Waals surface area (Å²) >= 11 is 12.0. The molecule has 1 aromatic heterocycles. The fraction of sp³-hybridized carbons (Fsp3) is 0.100. The number of rotatable bonds is 4. The molecule has 6 heteroatoms. The van der Waals surface area contributed by atoms with Crippen LogP contribution in [0.5, 0.6) is 0 Å². The molecule has 0 spiro atoms. The van der Waals surface area contributed by atoms with E-state index in [9.17, 15) is 9.59 Å². The number of nitrogens with one attached hydrogen (secondary N) is 1. The molecule has 0 aliphatic heterocycles. The highest BCUT2D eigenvalue weighted by atomic mass is 35.5. The van der Waals surface area contributed by atoms with Gasteiger partial charge in [0.2, 0.25) is 0 Å². The maximum Gasteiger partial charge on any atom is 0.257 e. The summed E-state index contributed by atoms with van der Waals surface area (Å²) in [5, 5.41) is 3.57. The van der Waals surface area contributed by atoms with E-state index in [-0.39, 0.29) is 11.5 Å². The number of benzene rings is 2. The van der Waals surface area contributed by atoms with E-state index in [0.29, 0.717) is 27.8 Å². The summed E-state index contributed by atoms with van der Waals surface area (Å²) in [6.45, 7) is 2.38. The lowest BCUT2D eigenvalue weighted by Crippen LogP contribution is -2.23. The van der Waals surface area contributed by atoms with Gasteiger partial charge in [0.1, 0.15) is 0 Å². The Morgan fingerprint density at radius 3 is 2.62 bits per heavy atom. The Balaban J connectivity index is 1.87. The molecule has 1 amide bonds. The van der Waals surface area contributed by atoms with Crippen molar-refractivity contribution >= 4 is 34.8 Å². The molecule has 0 aliphatic carbocycles. The molecule has 2 aromatic carbocycles. The zero-order valence-corrected chi connectivity index (χ0v) is 15.5. The third-order valence-electron chi connectivity index (χ3n) is 4.02. The van der Waals surface area contributed by atoms with Gasteiger partial charge in [0.25, 0.3) is 11.5 Å². The van der Waals surface area contributed by atoms with Crippen molar-refractivity contribution in [3.63, 3.8) is 0 Å². The van der Waals surface area contributed by atoms with Gasteiger partial charge in [-0.2, -0.15) is 0 Å². The van der Waals surface area contributed by atoms with Gasteiger partial charge >= 0.3 is 0 Å². The Bertz CT molecular complexity index is 1030. The topological polar surface area (TPSA) is 51.1 Å². The van der Waals surface area contributed by atoms with E-state index in [4.69, 9.17) is 23.2 Å². The summed E-state index contributed by atoms with van der Waals surface area (Å²) in [6, 6.07) is 15.5. The van der Waals surface area contributed by atoms with Crippen LogP contribution in [0.1, 0.15) is 21.5 Å². The number of hydrogen-bond donors (Lipinski definition) is 1. The highest BCUT2D eigenvalue weighted by Gasteiger charge is 2.11. The molecule has 0 radical (unpaired) electrons. The quantitative estimate of drug-likeness (QED) is 0.702. The highest BCUT2D eigenvalue weighted by Crippen LogP contribution is 2.25. The SMILES string of the molecule is Cc1ccccc1Cn1cc(C(=O)Nc2cc(Cl)ccc2Cl)ccc1=O. The van der Waals surface area contributed by atoms with Gasteiger partial charge in [0.05, 0.1) is 22.8 Å². The average molecular weight is 387 g/mol.